The molecule has 14 atom stereocenters. The number of β-amino-alcohol motifs (C(OH)–C–C–N with tert-alkyl or cyclic N) is 1. The van der Waals surface area contributed by atoms with Gasteiger partial charge in [0.25, 0.3) is 18.2 Å². The third-order valence-electron chi connectivity index (χ3n) is 17.0. The molecular formula is C61H77N12NaO22S2. The molecule has 15 N–H and O–H groups in total. The second kappa shape index (κ2) is 35.2. The number of phenolic OH excluding ortho intramolecular Hbond substituents is 1. The Hall–Kier alpha value is -7.21. The Labute approximate surface area is 590 Å². The molecule has 4 fully saturated rings. The minimum Gasteiger partial charge on any atom is -0.691 e. The van der Waals surface area contributed by atoms with Crippen LogP contribution in [0.1, 0.15) is 74.4 Å². The first-order chi connectivity index (χ1) is 46.4. The molecule has 0 bridgehead atoms. The zero-order valence-electron chi connectivity index (χ0n) is 53.5. The number of rotatable bonds is 22. The fraction of sp³-hybridized carbons (Fsp3) is 0.508. The van der Waals surface area contributed by atoms with Gasteiger partial charge in [-0.3, -0.25) is 48.3 Å². The first-order valence-corrected chi connectivity index (χ1v) is 32.7. The van der Waals surface area contributed by atoms with Crippen molar-refractivity contribution in [3.05, 3.63) is 84.1 Å². The summed E-state index contributed by atoms with van der Waals surface area (Å²) in [6, 6.07) is 4.20. The van der Waals surface area contributed by atoms with Crippen LogP contribution in [0, 0.1) is 5.92 Å². The van der Waals surface area contributed by atoms with Crippen LogP contribution in [0.25, 0.3) is 26.8 Å². The van der Waals surface area contributed by atoms with Crippen LogP contribution in [-0.4, -0.2) is 249 Å². The molecule has 98 heavy (non-hydrogen) atoms. The van der Waals surface area contributed by atoms with Crippen LogP contribution in [0.5, 0.6) is 17.2 Å². The monoisotopic (exact) mass is 1420 g/mol. The van der Waals surface area contributed by atoms with Crippen molar-refractivity contribution >= 4 is 75.9 Å². The molecule has 5 aromatic rings. The quantitative estimate of drug-likeness (QED) is 0.0101. The van der Waals surface area contributed by atoms with E-state index in [1.807, 2.05) is 24.3 Å². The average Bonchev–Trinajstić information content (AvgIpc) is 1.56. The number of ether oxygens (including phenoxy) is 2. The number of hydrogen-bond donors (Lipinski definition) is 14. The van der Waals surface area contributed by atoms with Gasteiger partial charge in [0, 0.05) is 68.2 Å². The predicted octanol–water partition coefficient (Wildman–Crippen LogP) is -6.80. The van der Waals surface area contributed by atoms with Crippen molar-refractivity contribution in [3.63, 3.8) is 0 Å². The first-order valence-electron chi connectivity index (χ1n) is 31.2. The second-order valence-corrected chi connectivity index (χ2v) is 25.5. The van der Waals surface area contributed by atoms with Gasteiger partial charge in [-0.2, -0.15) is 5.10 Å². The van der Waals surface area contributed by atoms with Crippen molar-refractivity contribution in [3.8, 4) is 39.1 Å². The van der Waals surface area contributed by atoms with Crippen molar-refractivity contribution in [2.24, 2.45) is 11.7 Å². The number of aliphatic hydroxyl groups is 7. The van der Waals surface area contributed by atoms with Gasteiger partial charge in [0.1, 0.15) is 59.2 Å². The number of nitrogens with one attached hydrogen (secondary N) is 5. The van der Waals surface area contributed by atoms with E-state index in [4.69, 9.17) is 29.5 Å². The molecule has 4 saturated heterocycles. The molecule has 0 spiro atoms. The average molecular weight is 1420 g/mol. The van der Waals surface area contributed by atoms with Gasteiger partial charge >= 0.3 is 29.6 Å². The standard InChI is InChI=1S/C61H78N12O22S2.Na/c1-30-27-72-49(50(30)80)57(87)63-26-36(75)23-39(64-53(83)33-8-6-32(7-9-33)40-29-73-61(65-40)96-58(69-73)34-10-13-38(14-11-34)92-19-5-3-4-16-70-17-20-91-21-18-70)54(84)66-46(31(2)74)59(88)71-28-37(76)24-41(71)55(85)68-48(56(86)67-47(60(72)89)43(78)25-45(62)79)52(82)51(81)35-12-15-42(77)44(22-35)93-97-95-94-90;/h6-15,22,29-31,36-37,39,41,43,46-52,74-78,80-82,90H,3-5,16-21,23-28H2,1-2H3,(H2,62,79)(H,63,87)(H,64,83)(H,66,84)(H,67,86)(H,68,85);/q;+1/p-1. The summed E-state index contributed by atoms with van der Waals surface area (Å²) in [7, 11) is 0. The van der Waals surface area contributed by atoms with E-state index in [9.17, 15) is 84.5 Å². The molecule has 0 saturated carbocycles. The molecule has 4 aliphatic heterocycles. The number of fused-ring (bicyclic) bond motifs is 3. The summed E-state index contributed by atoms with van der Waals surface area (Å²) < 4.78 is 22.1. The first kappa shape index (κ1) is 76.5. The topological polar surface area (TPSA) is 494 Å². The number of benzene rings is 3. The summed E-state index contributed by atoms with van der Waals surface area (Å²) in [6.45, 7) is 5.83. The molecule has 6 heterocycles. The number of morpholine rings is 1. The molecule has 526 valence electrons. The number of carbonyl (C=O) groups is 8. The van der Waals surface area contributed by atoms with Gasteiger partial charge in [-0.15, -0.1) is 4.33 Å². The van der Waals surface area contributed by atoms with E-state index in [0.717, 1.165) is 98.3 Å². The third kappa shape index (κ3) is 19.2. The maximum atomic E-state index is 14.7. The molecule has 9 rings (SSSR count). The van der Waals surface area contributed by atoms with Crippen LogP contribution < -0.4 is 76.1 Å². The summed E-state index contributed by atoms with van der Waals surface area (Å²) in [5.41, 5.74) is 6.94. The number of nitrogens with zero attached hydrogens (tertiary/aromatic N) is 6. The fourth-order valence-electron chi connectivity index (χ4n) is 11.7. The fourth-order valence-corrected chi connectivity index (χ4v) is 12.9. The minimum atomic E-state index is -2.54. The van der Waals surface area contributed by atoms with Crippen molar-refractivity contribution in [1.29, 1.82) is 0 Å². The second-order valence-electron chi connectivity index (χ2n) is 24.1. The summed E-state index contributed by atoms with van der Waals surface area (Å²) in [6.07, 6.45) is -11.4. The maximum Gasteiger partial charge on any atom is 1.00 e. The Morgan fingerprint density at radius 3 is 2.19 bits per heavy atom. The number of aromatic nitrogens is 3. The van der Waals surface area contributed by atoms with Crippen molar-refractivity contribution in [1.82, 2.24) is 55.9 Å². The molecule has 2 aromatic heterocycles. The normalized spacial score (nSPS) is 25.3. The number of primary amides is 1. The van der Waals surface area contributed by atoms with Crippen LogP contribution >= 0.6 is 23.7 Å². The van der Waals surface area contributed by atoms with Crippen molar-refractivity contribution in [2.75, 3.05) is 59.1 Å². The molecule has 34 nitrogen and oxygen atoms in total. The third-order valence-corrected chi connectivity index (χ3v) is 18.3. The zero-order valence-corrected chi connectivity index (χ0v) is 57.1. The molecule has 0 aliphatic carbocycles. The summed E-state index contributed by atoms with van der Waals surface area (Å²) in [5.74, 6) is -11.3. The molecular weight excluding hydrogens is 1340 g/mol. The minimum absolute atomic E-state index is 0. The van der Waals surface area contributed by atoms with Gasteiger partial charge in [-0.05, 0) is 86.8 Å². The van der Waals surface area contributed by atoms with Crippen molar-refractivity contribution < 1.29 is 137 Å². The largest absolute Gasteiger partial charge is 1.00 e. The zero-order chi connectivity index (χ0) is 69.8. The van der Waals surface area contributed by atoms with Crippen molar-refractivity contribution in [2.45, 2.75) is 131 Å². The van der Waals surface area contributed by atoms with Gasteiger partial charge in [0.15, 0.2) is 11.5 Å². The van der Waals surface area contributed by atoms with Crippen LogP contribution in [0.15, 0.2) is 72.9 Å². The molecule has 0 radical (unpaired) electrons. The van der Waals surface area contributed by atoms with E-state index >= 15 is 0 Å². The number of imidazole rings is 1. The number of amides is 8. The summed E-state index contributed by atoms with van der Waals surface area (Å²) in [4.78, 5) is 123. The Morgan fingerprint density at radius 2 is 1.51 bits per heavy atom. The van der Waals surface area contributed by atoms with Crippen LogP contribution in [0.3, 0.4) is 0 Å². The molecule has 3 aromatic carbocycles. The van der Waals surface area contributed by atoms with Gasteiger partial charge in [0.05, 0.1) is 68.7 Å². The van der Waals surface area contributed by atoms with Crippen LogP contribution in [0.2, 0.25) is 0 Å². The summed E-state index contributed by atoms with van der Waals surface area (Å²) in [5, 5.41) is 121. The number of carbonyl (C=O) groups excluding carboxylic acids is 8. The SMILES string of the molecule is CC(O)C1NC(=O)C(NC(=O)c2ccc(-c3cn4nc(-c5ccc(OCCCCCN6CCOCC6)cc5)sc4n3)cc2)CC(O)CNC(=O)C2C(O)C(C)CN2C(=O)C(C(O)CC(N)=O)NC(=O)C(C(O)C(O)c2ccc(O)c(OSOO[O-])c2)NC(=O)C2CC(O)CN2C1=O.[Na+]. The van der Waals surface area contributed by atoms with Gasteiger partial charge < -0.3 is 102 Å². The number of phenols is 1. The maximum absolute atomic E-state index is 14.7. The van der Waals surface area contributed by atoms with E-state index in [1.54, 1.807) is 22.8 Å². The van der Waals surface area contributed by atoms with Gasteiger partial charge in [0.2, 0.25) is 46.3 Å². The Bertz CT molecular complexity index is 3560. The number of hydrogen-bond acceptors (Lipinski definition) is 27. The van der Waals surface area contributed by atoms with E-state index < -0.39 is 183 Å². The number of aromatic hydroxyl groups is 1. The Balaban J connectivity index is 0.0000122. The van der Waals surface area contributed by atoms with Gasteiger partial charge in [-0.25, -0.2) is 9.50 Å². The van der Waals surface area contributed by atoms with E-state index in [1.165, 1.54) is 30.4 Å². The Morgan fingerprint density at radius 1 is 0.827 bits per heavy atom. The smallest absolute Gasteiger partial charge is 0.691 e. The van der Waals surface area contributed by atoms with Crippen LogP contribution in [-0.2, 0) is 47.7 Å². The molecule has 37 heteroatoms. The number of aliphatic hydroxyl groups excluding tert-OH is 7. The van der Waals surface area contributed by atoms with E-state index in [-0.39, 0.29) is 53.0 Å². The van der Waals surface area contributed by atoms with E-state index in [0.29, 0.717) is 27.8 Å². The Kier molecular flexibility index (Phi) is 27.5. The number of nitrogens with two attached hydrogens (primary N) is 1. The summed E-state index contributed by atoms with van der Waals surface area (Å²) >= 11 is 1.26. The van der Waals surface area contributed by atoms with E-state index in [2.05, 4.69) is 40.9 Å². The molecule has 4 aliphatic rings. The number of unbranched alkanes of at least 4 members (excludes halogenated alkanes) is 2. The molecule has 8 amide bonds. The van der Waals surface area contributed by atoms with Gasteiger partial charge in [-0.1, -0.05) is 36.5 Å². The predicted molar refractivity (Wildman–Crippen MR) is 337 cm³/mol. The van der Waals surface area contributed by atoms with Crippen LogP contribution in [0.4, 0.5) is 0 Å². The molecule has 14 unspecified atom stereocenters.